The van der Waals surface area contributed by atoms with Crippen LogP contribution in [0.3, 0.4) is 0 Å². The maximum atomic E-state index is 10.3. The van der Waals surface area contributed by atoms with Crippen molar-refractivity contribution in [3.8, 4) is 0 Å². The predicted octanol–water partition coefficient (Wildman–Crippen LogP) is 1.88. The van der Waals surface area contributed by atoms with Crippen molar-refractivity contribution in [2.75, 3.05) is 0 Å². The summed E-state index contributed by atoms with van der Waals surface area (Å²) in [4.78, 5) is 10.3. The Kier molecular flexibility index (Phi) is 4.83. The molecular weight excluding hydrogens is 255 g/mol. The van der Waals surface area contributed by atoms with Crippen molar-refractivity contribution in [3.63, 3.8) is 0 Å². The monoisotopic (exact) mass is 261 g/mol. The molecule has 0 atom stereocenters. The summed E-state index contributed by atoms with van der Waals surface area (Å²) in [6.07, 6.45) is 0. The number of hydrogen-bond donors (Lipinski definition) is 0. The van der Waals surface area contributed by atoms with E-state index in [9.17, 15) is 4.79 Å². The van der Waals surface area contributed by atoms with E-state index in [2.05, 4.69) is 0 Å². The second kappa shape index (κ2) is 4.81. The first-order valence-corrected chi connectivity index (χ1v) is 2.61. The zero-order valence-electron chi connectivity index (χ0n) is 5.37. The molecule has 46 valence electrons. The summed E-state index contributed by atoms with van der Waals surface area (Å²) < 4.78 is 0. The van der Waals surface area contributed by atoms with Crippen molar-refractivity contribution in [2.45, 2.75) is 0 Å². The third-order valence-electron chi connectivity index (χ3n) is 1.04. The zero-order valence-corrected chi connectivity index (χ0v) is 9.08. The summed E-state index contributed by atoms with van der Waals surface area (Å²) in [6.45, 7) is 0. The molecule has 0 aromatic heterocycles. The van der Waals surface area contributed by atoms with Gasteiger partial charge in [0, 0.05) is 0 Å². The predicted molar refractivity (Wildman–Crippen MR) is 35.1 cm³/mol. The minimum atomic E-state index is -0.629. The molecule has 2 nitrogen and oxygen atoms in total. The minimum Gasteiger partial charge on any atom is -0.664 e. The van der Waals surface area contributed by atoms with Crippen LogP contribution in [-0.2, 0) is 0 Å². The molecule has 0 bridgehead atoms. The molecule has 0 saturated heterocycles. The number of hydrogen-bond acceptors (Lipinski definition) is 1. The zero-order chi connectivity index (χ0) is 6.69. The Balaban J connectivity index is 0.000000810. The molecule has 0 radical (unpaired) electrons. The molecule has 0 fully saturated rings. The van der Waals surface area contributed by atoms with Crippen molar-refractivity contribution in [1.29, 1.82) is 0 Å². The summed E-state index contributed by atoms with van der Waals surface area (Å²) >= 11 is 0. The van der Waals surface area contributed by atoms with E-state index < -0.39 is 5.91 Å². The third kappa shape index (κ3) is 2.76. The normalized spacial score (nSPS) is 8.00. The number of nitrogens with one attached hydrogen (secondary N) is 1. The maximum absolute atomic E-state index is 10.3. The molecular formula is C7H6NOPr+2. The second-order valence-electron chi connectivity index (χ2n) is 1.70. The smallest absolute Gasteiger partial charge is 0.664 e. The molecule has 1 N–H and O–H groups in total. The fraction of sp³-hybridized carbons (Fsp3) is 0. The number of amides is 1. The molecule has 0 spiro atoms. The van der Waals surface area contributed by atoms with E-state index in [0.717, 1.165) is 0 Å². The average Bonchev–Trinajstić information content (AvgIpc) is 1.90. The van der Waals surface area contributed by atoms with Crippen LogP contribution in [0.5, 0.6) is 0 Å². The van der Waals surface area contributed by atoms with Gasteiger partial charge in [-0.15, -0.1) is 0 Å². The molecule has 0 heterocycles. The van der Waals surface area contributed by atoms with Gasteiger partial charge in [-0.3, -0.25) is 0 Å². The fourth-order valence-electron chi connectivity index (χ4n) is 0.590. The number of benzene rings is 1. The van der Waals surface area contributed by atoms with Crippen molar-refractivity contribution in [2.24, 2.45) is 0 Å². The summed E-state index contributed by atoms with van der Waals surface area (Å²) in [5, 5.41) is 0. The van der Waals surface area contributed by atoms with E-state index in [1.54, 1.807) is 24.3 Å². The quantitative estimate of drug-likeness (QED) is 0.760. The van der Waals surface area contributed by atoms with Crippen LogP contribution in [0.1, 0.15) is 10.4 Å². The summed E-state index contributed by atoms with van der Waals surface area (Å²) in [5.74, 6) is -0.629. The van der Waals surface area contributed by atoms with Gasteiger partial charge in [-0.05, 0) is 5.56 Å². The minimum absolute atomic E-state index is 0. The van der Waals surface area contributed by atoms with Gasteiger partial charge in [-0.1, -0.05) is 30.3 Å². The first-order valence-electron chi connectivity index (χ1n) is 2.61. The van der Waals surface area contributed by atoms with Crippen LogP contribution in [0, 0.1) is 41.3 Å². The maximum Gasteiger partial charge on any atom is 3.00 e. The Morgan fingerprint density at radius 2 is 1.70 bits per heavy atom. The van der Waals surface area contributed by atoms with Crippen LogP contribution in [0.4, 0.5) is 0 Å². The Hall–Kier alpha value is 0.0536. The van der Waals surface area contributed by atoms with Crippen LogP contribution < -0.4 is 0 Å². The number of carbonyl (C=O) groups is 1. The average molecular weight is 261 g/mol. The number of carbonyl (C=O) groups excluding carboxylic acids is 1. The number of rotatable bonds is 1. The first-order chi connectivity index (χ1) is 4.30. The van der Waals surface area contributed by atoms with Crippen molar-refractivity contribution < 1.29 is 46.1 Å². The van der Waals surface area contributed by atoms with Crippen molar-refractivity contribution >= 4 is 5.91 Å². The van der Waals surface area contributed by atoms with E-state index in [1.165, 1.54) is 0 Å². The van der Waals surface area contributed by atoms with Gasteiger partial charge in [-0.25, -0.2) is 0 Å². The molecule has 0 saturated carbocycles. The van der Waals surface area contributed by atoms with Crippen molar-refractivity contribution in [1.82, 2.24) is 0 Å². The molecule has 1 aromatic carbocycles. The molecule has 1 rings (SSSR count). The van der Waals surface area contributed by atoms with Gasteiger partial charge in [0.25, 0.3) is 0 Å². The second-order valence-corrected chi connectivity index (χ2v) is 1.70. The van der Waals surface area contributed by atoms with Gasteiger partial charge in [0.15, 0.2) is 0 Å². The van der Waals surface area contributed by atoms with Crippen LogP contribution in [0.25, 0.3) is 5.73 Å². The Labute approximate surface area is 92.8 Å². The van der Waals surface area contributed by atoms with E-state index in [4.69, 9.17) is 5.73 Å². The molecule has 1 aromatic rings. The molecule has 0 aliphatic heterocycles. The Morgan fingerprint density at radius 3 is 2.00 bits per heavy atom. The van der Waals surface area contributed by atoms with Gasteiger partial charge >= 0.3 is 41.3 Å². The van der Waals surface area contributed by atoms with Gasteiger partial charge in [0.05, 0.1) is 5.91 Å². The summed E-state index contributed by atoms with van der Waals surface area (Å²) in [6, 6.07) is 8.53. The third-order valence-corrected chi connectivity index (χ3v) is 1.04. The molecule has 0 unspecified atom stereocenters. The van der Waals surface area contributed by atoms with Crippen molar-refractivity contribution in [3.05, 3.63) is 41.6 Å². The van der Waals surface area contributed by atoms with Crippen LogP contribution >= 0.6 is 0 Å². The van der Waals surface area contributed by atoms with Gasteiger partial charge in [-0.2, -0.15) is 0 Å². The van der Waals surface area contributed by atoms with E-state index in [-0.39, 0.29) is 41.3 Å². The van der Waals surface area contributed by atoms with E-state index in [1.807, 2.05) is 6.07 Å². The topological polar surface area (TPSA) is 40.9 Å². The fourth-order valence-corrected chi connectivity index (χ4v) is 0.590. The SMILES string of the molecule is [NH-]C(=O)c1ccccc1.[Pr+3]. The van der Waals surface area contributed by atoms with E-state index in [0.29, 0.717) is 5.56 Å². The van der Waals surface area contributed by atoms with E-state index >= 15 is 0 Å². The van der Waals surface area contributed by atoms with Gasteiger partial charge < -0.3 is 10.5 Å². The van der Waals surface area contributed by atoms with Crippen LogP contribution in [0.2, 0.25) is 0 Å². The summed E-state index contributed by atoms with van der Waals surface area (Å²) in [5.41, 5.74) is 7.12. The first kappa shape index (κ1) is 10.1. The van der Waals surface area contributed by atoms with Gasteiger partial charge in [0.1, 0.15) is 0 Å². The Morgan fingerprint density at radius 1 is 1.20 bits per heavy atom. The summed E-state index contributed by atoms with van der Waals surface area (Å²) in [7, 11) is 0. The molecule has 0 aliphatic carbocycles. The molecule has 3 heteroatoms. The van der Waals surface area contributed by atoms with Crippen LogP contribution in [0.15, 0.2) is 30.3 Å². The Bertz CT molecular complexity index is 210. The molecule has 1 amide bonds. The van der Waals surface area contributed by atoms with Crippen LogP contribution in [-0.4, -0.2) is 5.91 Å². The molecule has 10 heavy (non-hydrogen) atoms. The van der Waals surface area contributed by atoms with Gasteiger partial charge in [0.2, 0.25) is 0 Å². The standard InChI is InChI=1S/C7H7NO.Pr/c8-7(9)6-4-2-1-3-5-6;/h1-5H,(H2,8,9);/q;+3/p-1. The largest absolute Gasteiger partial charge is 3.00 e. The molecule has 0 aliphatic rings.